The molecule has 0 bridgehead atoms. The van der Waals surface area contributed by atoms with Crippen molar-refractivity contribution >= 4 is 0 Å². The highest BCUT2D eigenvalue weighted by Gasteiger charge is 2.35. The van der Waals surface area contributed by atoms with Gasteiger partial charge in [0.05, 0.1) is 0 Å². The summed E-state index contributed by atoms with van der Waals surface area (Å²) in [7, 11) is 0. The molecule has 0 N–H and O–H groups in total. The molecule has 0 heteroatoms. The van der Waals surface area contributed by atoms with Gasteiger partial charge >= 0.3 is 0 Å². The van der Waals surface area contributed by atoms with E-state index < -0.39 is 0 Å². The van der Waals surface area contributed by atoms with Gasteiger partial charge in [-0.05, 0) is 47.3 Å². The van der Waals surface area contributed by atoms with E-state index >= 15 is 0 Å². The Morgan fingerprint density at radius 3 is 2.37 bits per heavy atom. The summed E-state index contributed by atoms with van der Waals surface area (Å²) in [6.45, 7) is 17.0. The number of fused-ring (bicyclic) bond motifs is 1. The van der Waals surface area contributed by atoms with Crippen LogP contribution in [0.5, 0.6) is 0 Å². The Morgan fingerprint density at radius 2 is 1.74 bits per heavy atom. The minimum Gasteiger partial charge on any atom is -0.0987 e. The van der Waals surface area contributed by atoms with Crippen molar-refractivity contribution in [3.05, 3.63) is 120 Å². The molecule has 27 heavy (non-hydrogen) atoms. The minimum absolute atomic E-state index is 0.0656. The van der Waals surface area contributed by atoms with Crippen molar-refractivity contribution in [1.82, 2.24) is 0 Å². The lowest BCUT2D eigenvalue weighted by molar-refractivity contribution is 0.575. The highest BCUT2D eigenvalue weighted by atomic mass is 14.4. The van der Waals surface area contributed by atoms with Gasteiger partial charge in [-0.3, -0.25) is 0 Å². The molecule has 3 aliphatic carbocycles. The standard InChI is InChI=1S/C27H30/c1-7-12-24-19(4)26(27(5,6)25(24)9-3)18-20(8-2)23-16-15-21-13-10-11-14-22(21)17-23/h7-18,21-22H,2-3H2,1,4-6H3/b12-7-,20-18+. The molecule has 0 aliphatic heterocycles. The van der Waals surface area contributed by atoms with Crippen molar-refractivity contribution in [3.8, 4) is 0 Å². The van der Waals surface area contributed by atoms with Crippen molar-refractivity contribution in [2.75, 3.05) is 0 Å². The Bertz CT molecular complexity index is 898. The zero-order valence-corrected chi connectivity index (χ0v) is 17.0. The second-order valence-electron chi connectivity index (χ2n) is 7.90. The Labute approximate surface area is 164 Å². The van der Waals surface area contributed by atoms with Crippen LogP contribution in [0.25, 0.3) is 0 Å². The van der Waals surface area contributed by atoms with Crippen molar-refractivity contribution in [2.24, 2.45) is 17.3 Å². The molecule has 138 valence electrons. The average Bonchev–Trinajstić information content (AvgIpc) is 2.84. The summed E-state index contributed by atoms with van der Waals surface area (Å²) in [5.41, 5.74) is 7.62. The van der Waals surface area contributed by atoms with Gasteiger partial charge in [0.1, 0.15) is 0 Å². The van der Waals surface area contributed by atoms with Gasteiger partial charge in [-0.2, -0.15) is 0 Å². The maximum atomic E-state index is 4.10. The van der Waals surface area contributed by atoms with Crippen molar-refractivity contribution in [3.63, 3.8) is 0 Å². The van der Waals surface area contributed by atoms with Crippen LogP contribution < -0.4 is 0 Å². The highest BCUT2D eigenvalue weighted by Crippen LogP contribution is 2.49. The lowest BCUT2D eigenvalue weighted by Gasteiger charge is -2.26. The first-order valence-electron chi connectivity index (χ1n) is 9.75. The van der Waals surface area contributed by atoms with Gasteiger partial charge in [0, 0.05) is 17.3 Å². The van der Waals surface area contributed by atoms with Gasteiger partial charge < -0.3 is 0 Å². The van der Waals surface area contributed by atoms with Crippen LogP contribution in [0.2, 0.25) is 0 Å². The molecule has 0 saturated heterocycles. The third kappa shape index (κ3) is 3.37. The third-order valence-electron chi connectivity index (χ3n) is 5.93. The summed E-state index contributed by atoms with van der Waals surface area (Å²) in [5.74, 6) is 0.912. The fourth-order valence-electron chi connectivity index (χ4n) is 4.42. The van der Waals surface area contributed by atoms with E-state index in [1.807, 2.05) is 12.2 Å². The van der Waals surface area contributed by atoms with E-state index in [-0.39, 0.29) is 5.41 Å². The SMILES string of the molecule is C=CC1=C(/C=C\C)C(C)=C(/C=C(\C=C)C2=CC3C=CC=CC3C=C2)C1(C)C. The van der Waals surface area contributed by atoms with E-state index in [1.165, 1.54) is 33.4 Å². The molecule has 0 saturated carbocycles. The number of hydrogen-bond acceptors (Lipinski definition) is 0. The van der Waals surface area contributed by atoms with E-state index in [4.69, 9.17) is 0 Å². The summed E-state index contributed by atoms with van der Waals surface area (Å²) in [4.78, 5) is 0. The predicted molar refractivity (Wildman–Crippen MR) is 119 cm³/mol. The van der Waals surface area contributed by atoms with E-state index in [9.17, 15) is 0 Å². The first kappa shape index (κ1) is 19.2. The van der Waals surface area contributed by atoms with Crippen LogP contribution in [0.1, 0.15) is 27.7 Å². The summed E-state index contributed by atoms with van der Waals surface area (Å²) in [6, 6.07) is 0. The van der Waals surface area contributed by atoms with Crippen LogP contribution in [-0.2, 0) is 0 Å². The molecule has 0 aromatic rings. The van der Waals surface area contributed by atoms with Crippen LogP contribution in [0.4, 0.5) is 0 Å². The van der Waals surface area contributed by atoms with Crippen LogP contribution in [0, 0.1) is 17.3 Å². The van der Waals surface area contributed by atoms with E-state index in [1.54, 1.807) is 0 Å². The Balaban J connectivity index is 2.04. The monoisotopic (exact) mass is 354 g/mol. The fraction of sp³-hybridized carbons (Fsp3) is 0.259. The Morgan fingerprint density at radius 1 is 1.04 bits per heavy atom. The molecule has 0 radical (unpaired) electrons. The first-order valence-corrected chi connectivity index (χ1v) is 9.75. The number of rotatable bonds is 5. The highest BCUT2D eigenvalue weighted by molar-refractivity contribution is 5.65. The molecule has 0 aromatic carbocycles. The lowest BCUT2D eigenvalue weighted by Crippen LogP contribution is -2.14. The summed E-state index contributed by atoms with van der Waals surface area (Å²) in [6.07, 6.45) is 26.3. The summed E-state index contributed by atoms with van der Waals surface area (Å²) >= 11 is 0. The molecule has 0 heterocycles. The molecule has 0 nitrogen and oxygen atoms in total. The normalized spacial score (nSPS) is 26.7. The van der Waals surface area contributed by atoms with Gasteiger partial charge in [0.25, 0.3) is 0 Å². The number of allylic oxidation sites excluding steroid dienone is 18. The predicted octanol–water partition coefficient (Wildman–Crippen LogP) is 7.37. The topological polar surface area (TPSA) is 0 Å². The molecular formula is C27H30. The zero-order valence-electron chi connectivity index (χ0n) is 17.0. The number of hydrogen-bond donors (Lipinski definition) is 0. The van der Waals surface area contributed by atoms with Gasteiger partial charge in [-0.1, -0.05) is 99.9 Å². The maximum absolute atomic E-state index is 4.10. The van der Waals surface area contributed by atoms with Crippen LogP contribution in [-0.4, -0.2) is 0 Å². The van der Waals surface area contributed by atoms with Crippen molar-refractivity contribution in [1.29, 1.82) is 0 Å². The molecular weight excluding hydrogens is 324 g/mol. The largest absolute Gasteiger partial charge is 0.0987 e. The van der Waals surface area contributed by atoms with E-state index in [0.29, 0.717) is 11.8 Å². The van der Waals surface area contributed by atoms with Gasteiger partial charge in [0.15, 0.2) is 0 Å². The first-order chi connectivity index (χ1) is 12.9. The van der Waals surface area contributed by atoms with E-state index in [0.717, 1.165) is 0 Å². The van der Waals surface area contributed by atoms with Crippen molar-refractivity contribution in [2.45, 2.75) is 27.7 Å². The van der Waals surface area contributed by atoms with Crippen molar-refractivity contribution < 1.29 is 0 Å². The lowest BCUT2D eigenvalue weighted by atomic mass is 9.77. The van der Waals surface area contributed by atoms with Crippen LogP contribution >= 0.6 is 0 Å². The molecule has 0 spiro atoms. The fourth-order valence-corrected chi connectivity index (χ4v) is 4.42. The van der Waals surface area contributed by atoms with Crippen LogP contribution in [0.3, 0.4) is 0 Å². The minimum atomic E-state index is -0.0656. The molecule has 2 unspecified atom stereocenters. The second kappa shape index (κ2) is 7.56. The second-order valence-corrected chi connectivity index (χ2v) is 7.90. The molecule has 3 aliphatic rings. The zero-order chi connectivity index (χ0) is 19.6. The van der Waals surface area contributed by atoms with E-state index in [2.05, 4.69) is 102 Å². The molecule has 0 fully saturated rings. The Kier molecular flexibility index (Phi) is 5.37. The average molecular weight is 355 g/mol. The summed E-state index contributed by atoms with van der Waals surface area (Å²) < 4.78 is 0. The smallest absolute Gasteiger partial charge is 0.0155 e. The third-order valence-corrected chi connectivity index (χ3v) is 5.93. The molecule has 2 atom stereocenters. The van der Waals surface area contributed by atoms with Gasteiger partial charge in [-0.25, -0.2) is 0 Å². The molecule has 0 aromatic heterocycles. The quantitative estimate of drug-likeness (QED) is 0.452. The van der Waals surface area contributed by atoms with Gasteiger partial charge in [-0.15, -0.1) is 0 Å². The molecule has 0 amide bonds. The van der Waals surface area contributed by atoms with Crippen LogP contribution in [0.15, 0.2) is 120 Å². The summed E-state index contributed by atoms with van der Waals surface area (Å²) in [5, 5.41) is 0. The van der Waals surface area contributed by atoms with Gasteiger partial charge in [0.2, 0.25) is 0 Å². The molecule has 3 rings (SSSR count). The maximum Gasteiger partial charge on any atom is 0.0155 e. The Hall–Kier alpha value is -2.60.